The molecule has 0 aliphatic carbocycles. The van der Waals surface area contributed by atoms with Crippen molar-refractivity contribution in [3.05, 3.63) is 98.4 Å². The quantitative estimate of drug-likeness (QED) is 0.308. The van der Waals surface area contributed by atoms with E-state index in [1.807, 2.05) is 48.5 Å². The molecule has 3 aromatic carbocycles. The molecule has 0 aromatic heterocycles. The average Bonchev–Trinajstić information content (AvgIpc) is 3.10. The molecule has 0 N–H and O–H groups in total. The van der Waals surface area contributed by atoms with E-state index in [1.165, 1.54) is 12.0 Å². The largest absolute Gasteiger partial charge is 0.493 e. The van der Waals surface area contributed by atoms with Crippen LogP contribution in [0.1, 0.15) is 16.7 Å². The fourth-order valence-electron chi connectivity index (χ4n) is 3.46. The van der Waals surface area contributed by atoms with Crippen LogP contribution >= 0.6 is 35.0 Å². The van der Waals surface area contributed by atoms with Gasteiger partial charge in [-0.2, -0.15) is 0 Å². The van der Waals surface area contributed by atoms with Gasteiger partial charge in [-0.15, -0.1) is 0 Å². The van der Waals surface area contributed by atoms with E-state index in [-0.39, 0.29) is 17.8 Å². The summed E-state index contributed by atoms with van der Waals surface area (Å²) >= 11 is 13.6. The molecule has 3 aromatic rings. The highest BCUT2D eigenvalue weighted by Crippen LogP contribution is 2.39. The Hall–Kier alpha value is -2.93. The van der Waals surface area contributed by atoms with Gasteiger partial charge in [0.1, 0.15) is 6.61 Å². The SMILES string of the molecule is COc1cc(/C=C2\SC(=O)N(CCc3ccccc3)C2=O)cc(Cl)c1OCc1ccccc1Cl. The van der Waals surface area contributed by atoms with E-state index in [1.54, 1.807) is 24.3 Å². The lowest BCUT2D eigenvalue weighted by Crippen LogP contribution is -2.30. The lowest BCUT2D eigenvalue weighted by molar-refractivity contribution is -0.122. The van der Waals surface area contributed by atoms with Gasteiger partial charge in [0.15, 0.2) is 11.5 Å². The first kappa shape index (κ1) is 24.2. The maximum Gasteiger partial charge on any atom is 0.293 e. The molecule has 1 aliphatic rings. The second kappa shape index (κ2) is 11.0. The number of ether oxygens (including phenoxy) is 2. The minimum Gasteiger partial charge on any atom is -0.493 e. The van der Waals surface area contributed by atoms with E-state index in [9.17, 15) is 9.59 Å². The molecular formula is C26H21Cl2NO4S. The molecule has 1 saturated heterocycles. The van der Waals surface area contributed by atoms with Crippen molar-refractivity contribution in [3.8, 4) is 11.5 Å². The van der Waals surface area contributed by atoms with Crippen LogP contribution in [0.4, 0.5) is 4.79 Å². The number of carbonyl (C=O) groups is 2. The monoisotopic (exact) mass is 513 g/mol. The van der Waals surface area contributed by atoms with Gasteiger partial charge in [-0.25, -0.2) is 0 Å². The fourth-order valence-corrected chi connectivity index (χ4v) is 4.79. The number of thioether (sulfide) groups is 1. The highest BCUT2D eigenvalue weighted by Gasteiger charge is 2.34. The summed E-state index contributed by atoms with van der Waals surface area (Å²) < 4.78 is 11.3. The molecule has 174 valence electrons. The second-order valence-corrected chi connectivity index (χ2v) is 9.29. The van der Waals surface area contributed by atoms with Crippen molar-refractivity contribution in [2.24, 2.45) is 0 Å². The van der Waals surface area contributed by atoms with Crippen LogP contribution in [0.2, 0.25) is 10.0 Å². The summed E-state index contributed by atoms with van der Waals surface area (Å²) in [6, 6.07) is 20.5. The Labute approximate surface area is 212 Å². The molecule has 34 heavy (non-hydrogen) atoms. The predicted molar refractivity (Wildman–Crippen MR) is 137 cm³/mol. The number of carbonyl (C=O) groups excluding carboxylic acids is 2. The summed E-state index contributed by atoms with van der Waals surface area (Å²) in [6.07, 6.45) is 2.24. The third kappa shape index (κ3) is 5.58. The molecule has 2 amide bonds. The lowest BCUT2D eigenvalue weighted by Gasteiger charge is -2.14. The van der Waals surface area contributed by atoms with Crippen LogP contribution in [-0.2, 0) is 17.8 Å². The number of benzene rings is 3. The summed E-state index contributed by atoms with van der Waals surface area (Å²) in [5, 5.41) is 0.628. The predicted octanol–water partition coefficient (Wildman–Crippen LogP) is 6.86. The molecule has 8 heteroatoms. The highest BCUT2D eigenvalue weighted by atomic mass is 35.5. The number of hydrogen-bond donors (Lipinski definition) is 0. The Balaban J connectivity index is 1.50. The Morgan fingerprint density at radius 2 is 1.71 bits per heavy atom. The van der Waals surface area contributed by atoms with Gasteiger partial charge >= 0.3 is 0 Å². The molecule has 4 rings (SSSR count). The first-order valence-electron chi connectivity index (χ1n) is 10.5. The van der Waals surface area contributed by atoms with Crippen LogP contribution in [-0.4, -0.2) is 29.7 Å². The Morgan fingerprint density at radius 3 is 2.44 bits per heavy atom. The molecule has 1 aliphatic heterocycles. The molecule has 0 unspecified atom stereocenters. The van der Waals surface area contributed by atoms with E-state index in [4.69, 9.17) is 32.7 Å². The standard InChI is InChI=1S/C26H21Cl2NO4S/c1-32-22-14-18(13-21(28)24(22)33-16-19-9-5-6-10-20(19)27)15-23-25(30)29(26(31)34-23)12-11-17-7-3-2-4-8-17/h2-10,13-15H,11-12,16H2,1H3/b23-15-. The third-order valence-electron chi connectivity index (χ3n) is 5.22. The van der Waals surface area contributed by atoms with Crippen LogP contribution < -0.4 is 9.47 Å². The van der Waals surface area contributed by atoms with Gasteiger partial charge in [-0.3, -0.25) is 14.5 Å². The normalized spacial score (nSPS) is 14.7. The highest BCUT2D eigenvalue weighted by molar-refractivity contribution is 8.18. The van der Waals surface area contributed by atoms with Crippen molar-refractivity contribution in [1.82, 2.24) is 4.90 Å². The molecular weight excluding hydrogens is 493 g/mol. The molecule has 1 fully saturated rings. The number of imide groups is 1. The fraction of sp³-hybridized carbons (Fsp3) is 0.154. The van der Waals surface area contributed by atoms with Gasteiger partial charge < -0.3 is 9.47 Å². The molecule has 0 saturated carbocycles. The van der Waals surface area contributed by atoms with Crippen LogP contribution in [0.15, 0.2) is 71.6 Å². The van der Waals surface area contributed by atoms with E-state index in [0.717, 1.165) is 22.9 Å². The smallest absolute Gasteiger partial charge is 0.293 e. The van der Waals surface area contributed by atoms with Crippen LogP contribution in [0.5, 0.6) is 11.5 Å². The summed E-state index contributed by atoms with van der Waals surface area (Å²) in [4.78, 5) is 26.9. The van der Waals surface area contributed by atoms with Gasteiger partial charge in [0.25, 0.3) is 11.1 Å². The third-order valence-corrected chi connectivity index (χ3v) is 6.78. The van der Waals surface area contributed by atoms with Gasteiger partial charge in [0, 0.05) is 17.1 Å². The number of halogens is 2. The Kier molecular flexibility index (Phi) is 7.83. The minimum absolute atomic E-state index is 0.218. The van der Waals surface area contributed by atoms with Crippen LogP contribution in [0.25, 0.3) is 6.08 Å². The van der Waals surface area contributed by atoms with Crippen molar-refractivity contribution in [3.63, 3.8) is 0 Å². The number of rotatable bonds is 8. The van der Waals surface area contributed by atoms with Crippen molar-refractivity contribution in [1.29, 1.82) is 0 Å². The molecule has 1 heterocycles. The number of hydrogen-bond acceptors (Lipinski definition) is 5. The van der Waals surface area contributed by atoms with Gasteiger partial charge in [0.05, 0.1) is 17.0 Å². The second-order valence-electron chi connectivity index (χ2n) is 7.48. The number of amides is 2. The molecule has 5 nitrogen and oxygen atoms in total. The van der Waals surface area contributed by atoms with Crippen molar-refractivity contribution >= 4 is 52.2 Å². The zero-order valence-corrected chi connectivity index (χ0v) is 20.6. The molecule has 0 bridgehead atoms. The Morgan fingerprint density at radius 1 is 0.971 bits per heavy atom. The average molecular weight is 514 g/mol. The summed E-state index contributed by atoms with van der Waals surface area (Å²) in [6.45, 7) is 0.542. The van der Waals surface area contributed by atoms with E-state index in [2.05, 4.69) is 0 Å². The van der Waals surface area contributed by atoms with Gasteiger partial charge in [-0.05, 0) is 53.6 Å². The van der Waals surface area contributed by atoms with E-state index in [0.29, 0.717) is 45.0 Å². The van der Waals surface area contributed by atoms with E-state index >= 15 is 0 Å². The number of methoxy groups -OCH3 is 1. The van der Waals surface area contributed by atoms with Gasteiger partial charge in [0.2, 0.25) is 0 Å². The topological polar surface area (TPSA) is 55.8 Å². The van der Waals surface area contributed by atoms with Crippen LogP contribution in [0.3, 0.4) is 0 Å². The Bertz CT molecular complexity index is 1250. The zero-order chi connectivity index (χ0) is 24.1. The number of nitrogens with zero attached hydrogens (tertiary/aromatic N) is 1. The van der Waals surface area contributed by atoms with E-state index < -0.39 is 0 Å². The zero-order valence-electron chi connectivity index (χ0n) is 18.3. The van der Waals surface area contributed by atoms with Gasteiger partial charge in [-0.1, -0.05) is 71.7 Å². The molecule has 0 spiro atoms. The lowest BCUT2D eigenvalue weighted by atomic mass is 10.1. The maximum atomic E-state index is 12.9. The summed E-state index contributed by atoms with van der Waals surface area (Å²) in [5.74, 6) is 0.464. The van der Waals surface area contributed by atoms with Crippen molar-refractivity contribution in [2.45, 2.75) is 13.0 Å². The summed E-state index contributed by atoms with van der Waals surface area (Å²) in [7, 11) is 1.51. The summed E-state index contributed by atoms with van der Waals surface area (Å²) in [5.41, 5.74) is 2.51. The minimum atomic E-state index is -0.319. The van der Waals surface area contributed by atoms with Crippen molar-refractivity contribution < 1.29 is 19.1 Å². The molecule has 0 radical (unpaired) electrons. The molecule has 0 atom stereocenters. The first-order chi connectivity index (χ1) is 16.5. The first-order valence-corrected chi connectivity index (χ1v) is 12.1. The maximum absolute atomic E-state index is 12.9. The van der Waals surface area contributed by atoms with Crippen molar-refractivity contribution in [2.75, 3.05) is 13.7 Å². The van der Waals surface area contributed by atoms with Crippen LogP contribution in [0, 0.1) is 0 Å².